The Labute approximate surface area is 469 Å². The van der Waals surface area contributed by atoms with Crippen LogP contribution in [0.1, 0.15) is 131 Å². The van der Waals surface area contributed by atoms with Crippen molar-refractivity contribution in [3.8, 4) is 22.3 Å². The van der Waals surface area contributed by atoms with E-state index >= 15 is 0 Å². The monoisotopic (exact) mass is 1030 g/mol. The highest BCUT2D eigenvalue weighted by atomic mass is 16.3. The molecule has 2 aliphatic heterocycles. The standard InChI is InChI=1S/C74H74BN3O/c1-70(2,3)49-27-32-52(33-28-49)76(53-34-29-50(30-35-53)71(4,5)6)54-37-40-63-59(45-54)66-56-24-18-17-23-48(56)43-64-67(66)75(78(63)55-36-38-60-61(46-55)74(12,13)42-41-73(60,10)11)69-68(57-25-19-20-26-65(57)79-69)77(64)62-39-31-51(72(7,8)9)44-58(62)47-21-15-14-16-22-47/h14-40,43-46H,41-42H2,1-13H3. The van der Waals surface area contributed by atoms with Crippen LogP contribution in [0, 0.1) is 0 Å². The van der Waals surface area contributed by atoms with Crippen LogP contribution in [0.15, 0.2) is 192 Å². The van der Waals surface area contributed by atoms with Crippen LogP contribution in [0.5, 0.6) is 0 Å². The Hall–Kier alpha value is -7.76. The van der Waals surface area contributed by atoms with E-state index < -0.39 is 0 Å². The van der Waals surface area contributed by atoms with Gasteiger partial charge in [-0.05, 0) is 180 Å². The second-order valence-electron chi connectivity index (χ2n) is 27.3. The van der Waals surface area contributed by atoms with Crippen LogP contribution < -0.4 is 25.7 Å². The van der Waals surface area contributed by atoms with E-state index in [1.807, 2.05) is 0 Å². The minimum absolute atomic E-state index is 0.00483. The van der Waals surface area contributed by atoms with Crippen molar-refractivity contribution in [2.24, 2.45) is 0 Å². The van der Waals surface area contributed by atoms with Crippen LogP contribution in [0.4, 0.5) is 45.5 Å². The molecule has 13 rings (SSSR count). The minimum atomic E-state index is -0.315. The highest BCUT2D eigenvalue weighted by Gasteiger charge is 2.50. The highest BCUT2D eigenvalue weighted by Crippen LogP contribution is 2.55. The van der Waals surface area contributed by atoms with Crippen molar-refractivity contribution >= 4 is 85.2 Å². The maximum absolute atomic E-state index is 7.53. The number of fused-ring (bicyclic) bond motifs is 9. The van der Waals surface area contributed by atoms with Crippen molar-refractivity contribution < 1.29 is 4.42 Å². The first-order valence-electron chi connectivity index (χ1n) is 28.7. The van der Waals surface area contributed by atoms with Gasteiger partial charge in [0.1, 0.15) is 11.2 Å². The molecule has 0 saturated heterocycles. The van der Waals surface area contributed by atoms with Gasteiger partial charge in [0.05, 0.1) is 11.4 Å². The van der Waals surface area contributed by atoms with E-state index in [1.165, 1.54) is 72.0 Å². The first kappa shape index (κ1) is 50.7. The van der Waals surface area contributed by atoms with E-state index in [2.05, 4.69) is 293 Å². The summed E-state index contributed by atoms with van der Waals surface area (Å²) in [6, 6.07) is 71.6. The Bertz CT molecular complexity index is 3970. The van der Waals surface area contributed by atoms with Gasteiger partial charge in [-0.15, -0.1) is 0 Å². The van der Waals surface area contributed by atoms with Crippen molar-refractivity contribution in [2.45, 2.75) is 130 Å². The molecule has 3 aliphatic rings. The molecule has 0 unspecified atom stereocenters. The molecule has 0 N–H and O–H groups in total. The lowest BCUT2D eigenvalue weighted by Crippen LogP contribution is -2.61. The van der Waals surface area contributed by atoms with Crippen molar-refractivity contribution in [1.29, 1.82) is 0 Å². The average molecular weight is 1030 g/mol. The first-order valence-corrected chi connectivity index (χ1v) is 28.7. The van der Waals surface area contributed by atoms with E-state index in [4.69, 9.17) is 4.42 Å². The number of benzene rings is 9. The van der Waals surface area contributed by atoms with E-state index in [-0.39, 0.29) is 33.9 Å². The van der Waals surface area contributed by atoms with Gasteiger partial charge in [0.15, 0.2) is 0 Å². The van der Waals surface area contributed by atoms with Crippen LogP contribution in [-0.2, 0) is 27.1 Å². The summed E-state index contributed by atoms with van der Waals surface area (Å²) >= 11 is 0. The minimum Gasteiger partial charge on any atom is -0.466 e. The molecule has 394 valence electrons. The average Bonchev–Trinajstić information content (AvgIpc) is 2.91. The van der Waals surface area contributed by atoms with Crippen LogP contribution in [0.2, 0.25) is 0 Å². The summed E-state index contributed by atoms with van der Waals surface area (Å²) in [6.45, 7) is 30.1. The van der Waals surface area contributed by atoms with Gasteiger partial charge in [-0.3, -0.25) is 0 Å². The van der Waals surface area contributed by atoms with Crippen LogP contribution in [0.25, 0.3) is 44.0 Å². The molecular formula is C74H74BN3O. The Kier molecular flexibility index (Phi) is 11.5. The quantitative estimate of drug-likeness (QED) is 0.155. The Morgan fingerprint density at radius 1 is 0.468 bits per heavy atom. The lowest BCUT2D eigenvalue weighted by Gasteiger charge is -2.46. The molecule has 1 aromatic heterocycles. The summed E-state index contributed by atoms with van der Waals surface area (Å²) in [6.07, 6.45) is 2.28. The molecule has 0 atom stereocenters. The molecule has 0 saturated carbocycles. The summed E-state index contributed by atoms with van der Waals surface area (Å²) < 4.78 is 7.53. The third-order valence-corrected chi connectivity index (χ3v) is 18.0. The first-order chi connectivity index (χ1) is 37.6. The predicted molar refractivity (Wildman–Crippen MR) is 339 cm³/mol. The Morgan fingerprint density at radius 2 is 1.03 bits per heavy atom. The van der Waals surface area contributed by atoms with Crippen LogP contribution in [0.3, 0.4) is 0 Å². The fraction of sp³-hybridized carbons (Fsp3) is 0.270. The van der Waals surface area contributed by atoms with Gasteiger partial charge in [0.2, 0.25) is 0 Å². The number of anilines is 8. The maximum Gasteiger partial charge on any atom is 0.375 e. The van der Waals surface area contributed by atoms with E-state index in [0.29, 0.717) is 0 Å². The molecule has 4 nitrogen and oxygen atoms in total. The largest absolute Gasteiger partial charge is 0.466 e. The molecule has 0 fully saturated rings. The molecule has 10 aromatic rings. The smallest absolute Gasteiger partial charge is 0.375 e. The zero-order valence-corrected chi connectivity index (χ0v) is 48.6. The summed E-state index contributed by atoms with van der Waals surface area (Å²) in [5.74, 6) is 0. The number of furan rings is 1. The van der Waals surface area contributed by atoms with Crippen molar-refractivity contribution in [2.75, 3.05) is 14.6 Å². The number of rotatable bonds is 6. The summed E-state index contributed by atoms with van der Waals surface area (Å²) in [5, 5.41) is 3.51. The molecular weight excluding hydrogens is 958 g/mol. The molecule has 1 aliphatic carbocycles. The van der Waals surface area contributed by atoms with Gasteiger partial charge in [0, 0.05) is 50.6 Å². The molecule has 79 heavy (non-hydrogen) atoms. The lowest BCUT2D eigenvalue weighted by atomic mass is 9.45. The molecule has 0 radical (unpaired) electrons. The predicted octanol–water partition coefficient (Wildman–Crippen LogP) is 19.7. The topological polar surface area (TPSA) is 22.9 Å². The maximum atomic E-state index is 7.53. The van der Waals surface area contributed by atoms with Crippen molar-refractivity contribution in [3.63, 3.8) is 0 Å². The summed E-state index contributed by atoms with van der Waals surface area (Å²) in [4.78, 5) is 7.68. The third kappa shape index (κ3) is 8.32. The molecule has 3 heterocycles. The van der Waals surface area contributed by atoms with Crippen LogP contribution in [-0.4, -0.2) is 6.85 Å². The zero-order chi connectivity index (χ0) is 55.1. The second kappa shape index (κ2) is 17.9. The van der Waals surface area contributed by atoms with Gasteiger partial charge >= 0.3 is 6.85 Å². The summed E-state index contributed by atoms with van der Waals surface area (Å²) in [5.41, 5.74) is 23.7. The van der Waals surface area contributed by atoms with Crippen molar-refractivity contribution in [1.82, 2.24) is 0 Å². The second-order valence-corrected chi connectivity index (χ2v) is 27.3. The highest BCUT2D eigenvalue weighted by molar-refractivity contribution is 6.93. The van der Waals surface area contributed by atoms with Gasteiger partial charge in [-0.1, -0.05) is 193 Å². The lowest BCUT2D eigenvalue weighted by molar-refractivity contribution is 0.332. The van der Waals surface area contributed by atoms with Crippen LogP contribution >= 0.6 is 0 Å². The Balaban J connectivity index is 1.15. The number of para-hydroxylation sites is 1. The van der Waals surface area contributed by atoms with Gasteiger partial charge in [0.25, 0.3) is 0 Å². The van der Waals surface area contributed by atoms with Gasteiger partial charge in [-0.2, -0.15) is 0 Å². The summed E-state index contributed by atoms with van der Waals surface area (Å²) in [7, 11) is 0. The molecule has 0 amide bonds. The van der Waals surface area contributed by atoms with E-state index in [9.17, 15) is 0 Å². The normalized spacial score (nSPS) is 15.4. The van der Waals surface area contributed by atoms with Crippen molar-refractivity contribution in [3.05, 3.63) is 216 Å². The Morgan fingerprint density at radius 3 is 1.67 bits per heavy atom. The van der Waals surface area contributed by atoms with E-state index in [0.717, 1.165) is 69.3 Å². The molecule has 5 heteroatoms. The fourth-order valence-electron chi connectivity index (χ4n) is 13.3. The molecule has 9 aromatic carbocycles. The van der Waals surface area contributed by atoms with Gasteiger partial charge < -0.3 is 19.0 Å². The zero-order valence-electron chi connectivity index (χ0n) is 48.6. The molecule has 0 bridgehead atoms. The van der Waals surface area contributed by atoms with Gasteiger partial charge in [-0.25, -0.2) is 0 Å². The SMILES string of the molecule is CC(C)(C)c1ccc(N(c2ccc(C(C)(C)C)cc2)c2ccc3c(c2)-c2c4c(cc5ccccc25)N(c2ccc(C(C)(C)C)cc2-c2ccccc2)c2c(oc5ccccc25)B4N3c2ccc3c(c2)C(C)(C)CCC3(C)C)cc1. The fourth-order valence-corrected chi connectivity index (χ4v) is 13.3. The number of hydrogen-bond acceptors (Lipinski definition) is 4. The molecule has 0 spiro atoms. The van der Waals surface area contributed by atoms with E-state index in [1.54, 1.807) is 0 Å². The third-order valence-electron chi connectivity index (χ3n) is 18.0. The number of nitrogens with zero attached hydrogens (tertiary/aromatic N) is 3. The number of hydrogen-bond donors (Lipinski definition) is 0.